The van der Waals surface area contributed by atoms with Crippen molar-refractivity contribution in [2.45, 2.75) is 19.9 Å². The zero-order valence-electron chi connectivity index (χ0n) is 11.5. The molecule has 0 unspecified atom stereocenters. The van der Waals surface area contributed by atoms with Gasteiger partial charge >= 0.3 is 0 Å². The molecule has 0 atom stereocenters. The molecule has 4 rings (SSSR count). The van der Waals surface area contributed by atoms with E-state index in [4.69, 9.17) is 0 Å². The predicted octanol–water partition coefficient (Wildman–Crippen LogP) is 2.60. The number of hydrogen-bond acceptors (Lipinski definition) is 3. The summed E-state index contributed by atoms with van der Waals surface area (Å²) >= 11 is 0. The second-order valence-corrected chi connectivity index (χ2v) is 5.31. The molecule has 0 saturated carbocycles. The Hall–Kier alpha value is -2.36. The van der Waals surface area contributed by atoms with Crippen LogP contribution in [0.3, 0.4) is 0 Å². The van der Waals surface area contributed by atoms with Gasteiger partial charge in [0.25, 0.3) is 0 Å². The van der Waals surface area contributed by atoms with Crippen molar-refractivity contribution in [3.05, 3.63) is 59.8 Å². The van der Waals surface area contributed by atoms with Gasteiger partial charge in [0, 0.05) is 24.6 Å². The number of nitrogens with zero attached hydrogens (tertiary/aromatic N) is 4. The van der Waals surface area contributed by atoms with Crippen LogP contribution in [-0.2, 0) is 13.0 Å². The van der Waals surface area contributed by atoms with Crippen LogP contribution in [0.5, 0.6) is 0 Å². The molecule has 4 heteroatoms. The molecule has 0 N–H and O–H groups in total. The van der Waals surface area contributed by atoms with Crippen LogP contribution >= 0.6 is 0 Å². The van der Waals surface area contributed by atoms with Gasteiger partial charge in [0.1, 0.15) is 0 Å². The molecule has 0 aliphatic carbocycles. The topological polar surface area (TPSA) is 33.4 Å². The van der Waals surface area contributed by atoms with E-state index in [2.05, 4.69) is 44.4 Å². The Balaban J connectivity index is 1.72. The minimum absolute atomic E-state index is 0.892. The summed E-state index contributed by atoms with van der Waals surface area (Å²) in [7, 11) is 0. The number of aromatic nitrogens is 3. The van der Waals surface area contributed by atoms with E-state index in [9.17, 15) is 0 Å². The lowest BCUT2D eigenvalue weighted by atomic mass is 10.1. The summed E-state index contributed by atoms with van der Waals surface area (Å²) in [6.45, 7) is 4.16. The van der Waals surface area contributed by atoms with Gasteiger partial charge in [0.2, 0.25) is 0 Å². The lowest BCUT2D eigenvalue weighted by molar-refractivity contribution is 0.803. The fourth-order valence-electron chi connectivity index (χ4n) is 3.11. The second kappa shape index (κ2) is 4.34. The summed E-state index contributed by atoms with van der Waals surface area (Å²) in [6, 6.07) is 6.58. The molecule has 0 amide bonds. The maximum Gasteiger partial charge on any atom is 0.155 e. The number of hydrogen-bond donors (Lipinski definition) is 0. The number of rotatable bonds is 2. The Morgan fingerprint density at radius 3 is 3.15 bits per heavy atom. The molecule has 20 heavy (non-hydrogen) atoms. The first-order valence-corrected chi connectivity index (χ1v) is 6.92. The van der Waals surface area contributed by atoms with E-state index in [1.165, 1.54) is 22.5 Å². The second-order valence-electron chi connectivity index (χ2n) is 5.31. The van der Waals surface area contributed by atoms with Crippen molar-refractivity contribution in [2.75, 3.05) is 11.4 Å². The summed E-state index contributed by atoms with van der Waals surface area (Å²) in [5, 5.41) is 0. The Morgan fingerprint density at radius 2 is 2.20 bits per heavy atom. The number of anilines is 1. The fourth-order valence-corrected chi connectivity index (χ4v) is 3.11. The molecular weight excluding hydrogens is 248 g/mol. The van der Waals surface area contributed by atoms with Crippen LogP contribution in [0.25, 0.3) is 5.65 Å². The van der Waals surface area contributed by atoms with Crippen LogP contribution in [0.4, 0.5) is 5.69 Å². The molecule has 2 aromatic heterocycles. The average molecular weight is 264 g/mol. The molecule has 0 bridgehead atoms. The summed E-state index contributed by atoms with van der Waals surface area (Å²) in [5.74, 6) is 0. The summed E-state index contributed by atoms with van der Waals surface area (Å²) in [6.07, 6.45) is 8.67. The minimum Gasteiger partial charge on any atom is -0.365 e. The standard InChI is InChI=1S/C16H16N4/c1-12-3-2-4-13-5-7-19(16(12)13)11-14-9-18-15-10-17-6-8-20(14)15/h2-4,6,8-10H,5,7,11H2,1H3. The minimum atomic E-state index is 0.892. The number of fused-ring (bicyclic) bond motifs is 2. The Labute approximate surface area is 117 Å². The third kappa shape index (κ3) is 1.68. The van der Waals surface area contributed by atoms with E-state index in [1.807, 2.05) is 12.4 Å². The molecule has 3 heterocycles. The lowest BCUT2D eigenvalue weighted by Gasteiger charge is -2.20. The van der Waals surface area contributed by atoms with Crippen LogP contribution in [0.2, 0.25) is 0 Å². The van der Waals surface area contributed by atoms with E-state index in [-0.39, 0.29) is 0 Å². The van der Waals surface area contributed by atoms with Crippen molar-refractivity contribution in [2.24, 2.45) is 0 Å². The van der Waals surface area contributed by atoms with Crippen LogP contribution in [0, 0.1) is 6.92 Å². The first kappa shape index (κ1) is 11.5. The van der Waals surface area contributed by atoms with Crippen molar-refractivity contribution < 1.29 is 0 Å². The average Bonchev–Trinajstić information content (AvgIpc) is 3.06. The van der Waals surface area contributed by atoms with Crippen LogP contribution in [-0.4, -0.2) is 20.9 Å². The lowest BCUT2D eigenvalue weighted by Crippen LogP contribution is -2.21. The number of imidazole rings is 1. The summed E-state index contributed by atoms with van der Waals surface area (Å²) < 4.78 is 2.11. The first-order chi connectivity index (χ1) is 9.83. The highest BCUT2D eigenvalue weighted by Crippen LogP contribution is 2.32. The van der Waals surface area contributed by atoms with E-state index < -0.39 is 0 Å². The number of para-hydroxylation sites is 1. The van der Waals surface area contributed by atoms with Gasteiger partial charge in [-0.3, -0.25) is 9.38 Å². The van der Waals surface area contributed by atoms with Crippen molar-refractivity contribution in [3.63, 3.8) is 0 Å². The molecule has 0 fully saturated rings. The highest BCUT2D eigenvalue weighted by molar-refractivity contribution is 5.63. The quantitative estimate of drug-likeness (QED) is 0.713. The maximum absolute atomic E-state index is 4.41. The third-order valence-corrected chi connectivity index (χ3v) is 4.04. The highest BCUT2D eigenvalue weighted by Gasteiger charge is 2.21. The number of benzene rings is 1. The van der Waals surface area contributed by atoms with Gasteiger partial charge in [-0.05, 0) is 24.5 Å². The van der Waals surface area contributed by atoms with E-state index in [0.717, 1.165) is 25.2 Å². The summed E-state index contributed by atoms with van der Waals surface area (Å²) in [5.41, 5.74) is 6.33. The molecule has 4 nitrogen and oxygen atoms in total. The zero-order valence-corrected chi connectivity index (χ0v) is 11.5. The molecule has 3 aromatic rings. The van der Waals surface area contributed by atoms with E-state index in [1.54, 1.807) is 12.4 Å². The normalized spacial score (nSPS) is 13.9. The van der Waals surface area contributed by atoms with Crippen molar-refractivity contribution in [1.82, 2.24) is 14.4 Å². The van der Waals surface area contributed by atoms with Crippen molar-refractivity contribution >= 4 is 11.3 Å². The molecular formula is C16H16N4. The van der Waals surface area contributed by atoms with Gasteiger partial charge < -0.3 is 4.90 Å². The van der Waals surface area contributed by atoms with Crippen LogP contribution in [0.15, 0.2) is 43.0 Å². The molecule has 1 aliphatic heterocycles. The highest BCUT2D eigenvalue weighted by atomic mass is 15.2. The largest absolute Gasteiger partial charge is 0.365 e. The molecule has 0 spiro atoms. The molecule has 100 valence electrons. The predicted molar refractivity (Wildman–Crippen MR) is 78.9 cm³/mol. The van der Waals surface area contributed by atoms with Gasteiger partial charge in [-0.1, -0.05) is 18.2 Å². The SMILES string of the molecule is Cc1cccc2c1N(Cc1cnc3cnccn13)CC2. The summed E-state index contributed by atoms with van der Waals surface area (Å²) in [4.78, 5) is 11.0. The maximum atomic E-state index is 4.41. The smallest absolute Gasteiger partial charge is 0.155 e. The molecule has 0 saturated heterocycles. The van der Waals surface area contributed by atoms with Crippen LogP contribution < -0.4 is 4.90 Å². The Kier molecular flexibility index (Phi) is 2.49. The van der Waals surface area contributed by atoms with Crippen LogP contribution in [0.1, 0.15) is 16.8 Å². The van der Waals surface area contributed by atoms with E-state index in [0.29, 0.717) is 0 Å². The Morgan fingerprint density at radius 1 is 1.25 bits per heavy atom. The van der Waals surface area contributed by atoms with Gasteiger partial charge in [-0.15, -0.1) is 0 Å². The van der Waals surface area contributed by atoms with Crippen molar-refractivity contribution in [3.8, 4) is 0 Å². The first-order valence-electron chi connectivity index (χ1n) is 6.92. The van der Waals surface area contributed by atoms with Gasteiger partial charge in [-0.25, -0.2) is 4.98 Å². The van der Waals surface area contributed by atoms with Gasteiger partial charge in [0.05, 0.1) is 24.6 Å². The van der Waals surface area contributed by atoms with Gasteiger partial charge in [-0.2, -0.15) is 0 Å². The fraction of sp³-hybridized carbons (Fsp3) is 0.250. The van der Waals surface area contributed by atoms with Gasteiger partial charge in [0.15, 0.2) is 5.65 Å². The monoisotopic (exact) mass is 264 g/mol. The Bertz CT molecular complexity index is 775. The number of aryl methyl sites for hydroxylation is 1. The van der Waals surface area contributed by atoms with E-state index >= 15 is 0 Å². The molecule has 1 aromatic carbocycles. The molecule has 1 aliphatic rings. The van der Waals surface area contributed by atoms with Crippen molar-refractivity contribution in [1.29, 1.82) is 0 Å². The third-order valence-electron chi connectivity index (χ3n) is 4.04. The molecule has 0 radical (unpaired) electrons. The zero-order chi connectivity index (χ0) is 13.5.